The molecule has 4 heterocycles. The van der Waals surface area contributed by atoms with Gasteiger partial charge in [-0.3, -0.25) is 19.2 Å². The summed E-state index contributed by atoms with van der Waals surface area (Å²) < 4.78 is 91.4. The maximum absolute atomic E-state index is 14.2. The standard InChI is InChI=1S/C108H136O18/c1-113-107(114-2)103(79-121-99(109)53-37-17-9-5-13-21-41-73-117-91-65-57-87(58-66-91)83-45-29-25-30-46-83)95-77-97-98(78-96(95)104(107,125-103)80-122-100(110)54-38-18-10-6-14-22-42-74-118-92-67-59-88(60-68-92)84-47-31-26-32-48-84)106(82-124-102(112)56-40-20-12-8-16-24-44-76-120-94-71-63-90(64-72-94)86-51-35-28-36-52-86)108(115-3,116-4)105(97,126-106)81-123-101(111)55-39-19-11-7-15-23-43-75-119-93-69-61-89(62-70-93)85-49-33-27-34-50-85/h25-36,45-52,57-72,95-98H,5-24,37-44,53-56,73-82H2,1-4H3/t95?,96?,97?,98?,103-,104+,105+,106-. The lowest BCUT2D eigenvalue weighted by molar-refractivity contribution is -0.482. The fourth-order valence-corrected chi connectivity index (χ4v) is 20.9. The lowest BCUT2D eigenvalue weighted by atomic mass is 9.64. The Morgan fingerprint density at radius 3 is 0.603 bits per heavy atom. The van der Waals surface area contributed by atoms with Gasteiger partial charge in [-0.1, -0.05) is 298 Å². The van der Waals surface area contributed by atoms with Crippen LogP contribution in [0.1, 0.15) is 218 Å². The number of carbonyl (C=O) groups is 4. The molecule has 8 aromatic carbocycles. The van der Waals surface area contributed by atoms with Gasteiger partial charge in [-0.2, -0.15) is 0 Å². The van der Waals surface area contributed by atoms with Gasteiger partial charge in [-0.15, -0.1) is 0 Å². The van der Waals surface area contributed by atoms with Crippen molar-refractivity contribution >= 4 is 23.9 Å². The number of hydrogen-bond donors (Lipinski definition) is 0. The summed E-state index contributed by atoms with van der Waals surface area (Å²) in [4.78, 5) is 56.8. The van der Waals surface area contributed by atoms with E-state index in [-0.39, 0.29) is 76.0 Å². The molecule has 4 saturated heterocycles. The zero-order chi connectivity index (χ0) is 87.6. The quantitative estimate of drug-likeness (QED) is 0.0151. The van der Waals surface area contributed by atoms with Crippen molar-refractivity contribution in [3.8, 4) is 67.5 Å². The van der Waals surface area contributed by atoms with E-state index < -0.39 is 57.7 Å². The van der Waals surface area contributed by atoms with Gasteiger partial charge in [0.2, 0.25) is 11.6 Å². The average Bonchev–Trinajstić information content (AvgIpc) is 1.44. The number of hydrogen-bond acceptors (Lipinski definition) is 18. The number of benzene rings is 8. The Hall–Kier alpha value is -9.40. The fraction of sp³-hybridized carbons (Fsp3) is 0.519. The van der Waals surface area contributed by atoms with Crippen LogP contribution in [0.15, 0.2) is 218 Å². The molecule has 0 amide bonds. The Morgan fingerprint density at radius 1 is 0.238 bits per heavy atom. The summed E-state index contributed by atoms with van der Waals surface area (Å²) in [5, 5.41) is 0. The second-order valence-corrected chi connectivity index (χ2v) is 35.2. The Morgan fingerprint density at radius 2 is 0.413 bits per heavy atom. The van der Waals surface area contributed by atoms with Crippen molar-refractivity contribution in [1.29, 1.82) is 0 Å². The summed E-state index contributed by atoms with van der Waals surface area (Å²) in [6.07, 6.45) is 28.0. The van der Waals surface area contributed by atoms with E-state index in [1.165, 1.54) is 22.3 Å². The molecule has 7 fully saturated rings. The van der Waals surface area contributed by atoms with E-state index in [9.17, 15) is 19.2 Å². The fourth-order valence-electron chi connectivity index (χ4n) is 20.9. The summed E-state index contributed by atoms with van der Waals surface area (Å²) in [5.41, 5.74) is 3.76. The van der Waals surface area contributed by atoms with Gasteiger partial charge in [-0.25, -0.2) is 0 Å². The first-order valence-electron chi connectivity index (χ1n) is 47.2. The van der Waals surface area contributed by atoms with Gasteiger partial charge in [-0.05, 0) is 157 Å². The van der Waals surface area contributed by atoms with E-state index in [4.69, 9.17) is 66.3 Å². The molecule has 18 heteroatoms. The topological polar surface area (TPSA) is 197 Å². The maximum atomic E-state index is 14.2. The molecule has 0 spiro atoms. The van der Waals surface area contributed by atoms with Gasteiger partial charge >= 0.3 is 23.9 Å². The van der Waals surface area contributed by atoms with Crippen LogP contribution < -0.4 is 18.9 Å². The van der Waals surface area contributed by atoms with Crippen LogP contribution in [0.25, 0.3) is 44.5 Å². The Kier molecular flexibility index (Phi) is 35.6. The third kappa shape index (κ3) is 22.8. The molecule has 8 aromatic rings. The number of ether oxygens (including phenoxy) is 14. The Labute approximate surface area is 748 Å². The summed E-state index contributed by atoms with van der Waals surface area (Å²) in [6.45, 7) is 1.79. The third-order valence-electron chi connectivity index (χ3n) is 27.3. The van der Waals surface area contributed by atoms with E-state index in [0.29, 0.717) is 65.0 Å². The maximum Gasteiger partial charge on any atom is 0.305 e. The summed E-state index contributed by atoms with van der Waals surface area (Å²) >= 11 is 0. The van der Waals surface area contributed by atoms with Crippen LogP contribution in [0.5, 0.6) is 23.0 Å². The molecule has 7 aliphatic rings. The molecule has 4 aliphatic heterocycles. The first-order chi connectivity index (χ1) is 61.9. The SMILES string of the molecule is COC1(OC)[C@@]2(COC(=O)CCCCCCCCCOc3ccc(-c4ccccc4)cc3)O[C@]1(COC(=O)CCCCCCCCCOc1ccc(-c3ccccc3)cc1)C1CC3C(CC12)[C@@]1(COC(=O)CCCCCCCCCOc2ccc(-c4ccccc4)cc2)O[C@]3(COC(=O)CCCCCCCCCOc2ccc(-c3ccccc3)cc2)C1(OC)OC. The smallest absolute Gasteiger partial charge is 0.305 e. The van der Waals surface area contributed by atoms with Crippen LogP contribution in [0, 0.1) is 23.7 Å². The van der Waals surface area contributed by atoms with Crippen LogP contribution in [-0.2, 0) is 66.5 Å². The predicted molar refractivity (Wildman–Crippen MR) is 491 cm³/mol. The highest BCUT2D eigenvalue weighted by Gasteiger charge is 2.97. The van der Waals surface area contributed by atoms with Crippen molar-refractivity contribution in [3.63, 3.8) is 0 Å². The number of rotatable bonds is 60. The van der Waals surface area contributed by atoms with Gasteiger partial charge in [0.05, 0.1) is 26.4 Å². The molecule has 8 atom stereocenters. The summed E-state index contributed by atoms with van der Waals surface area (Å²) in [6, 6.07) is 74.4. The summed E-state index contributed by atoms with van der Waals surface area (Å²) in [7, 11) is 6.30. The van der Waals surface area contributed by atoms with Crippen molar-refractivity contribution in [3.05, 3.63) is 218 Å². The largest absolute Gasteiger partial charge is 0.494 e. The molecule has 3 aliphatic carbocycles. The average molecular weight is 1720 g/mol. The minimum Gasteiger partial charge on any atom is -0.494 e. The molecule has 0 aromatic heterocycles. The molecule has 3 saturated carbocycles. The third-order valence-corrected chi connectivity index (χ3v) is 27.3. The van der Waals surface area contributed by atoms with E-state index in [1.54, 1.807) is 28.4 Å². The van der Waals surface area contributed by atoms with Gasteiger partial charge in [0.1, 0.15) is 49.4 Å². The van der Waals surface area contributed by atoms with E-state index in [2.05, 4.69) is 97.1 Å². The van der Waals surface area contributed by atoms with Crippen LogP contribution in [-0.4, -0.2) is 139 Å². The molecule has 4 bridgehead atoms. The van der Waals surface area contributed by atoms with Crippen molar-refractivity contribution in [2.24, 2.45) is 23.7 Å². The van der Waals surface area contributed by atoms with Crippen LogP contribution in [0.2, 0.25) is 0 Å². The van der Waals surface area contributed by atoms with E-state index in [0.717, 1.165) is 199 Å². The molecule has 15 rings (SSSR count). The lowest BCUT2D eigenvalue weighted by Gasteiger charge is -2.63. The number of unbranched alkanes of at least 4 members (excludes halogenated alkanes) is 24. The van der Waals surface area contributed by atoms with Gasteiger partial charge < -0.3 is 66.3 Å². The highest BCUT2D eigenvalue weighted by Crippen LogP contribution is 2.80. The van der Waals surface area contributed by atoms with Crippen molar-refractivity contribution in [2.45, 2.75) is 252 Å². The van der Waals surface area contributed by atoms with Crippen molar-refractivity contribution < 1.29 is 85.5 Å². The molecule has 126 heavy (non-hydrogen) atoms. The molecule has 0 radical (unpaired) electrons. The molecule has 676 valence electrons. The lowest BCUT2D eigenvalue weighted by Crippen LogP contribution is -2.83. The number of esters is 4. The summed E-state index contributed by atoms with van der Waals surface area (Å²) in [5.74, 6) is -2.96. The predicted octanol–water partition coefficient (Wildman–Crippen LogP) is 23.9. The monoisotopic (exact) mass is 1720 g/mol. The normalized spacial score (nSPS) is 21.2. The molecule has 18 nitrogen and oxygen atoms in total. The Bertz CT molecular complexity index is 3970. The minimum atomic E-state index is -1.56. The molecular formula is C108H136O18. The zero-order valence-electron chi connectivity index (χ0n) is 75.1. The van der Waals surface area contributed by atoms with Crippen LogP contribution >= 0.6 is 0 Å². The van der Waals surface area contributed by atoms with Crippen molar-refractivity contribution in [1.82, 2.24) is 0 Å². The van der Waals surface area contributed by atoms with Crippen molar-refractivity contribution in [2.75, 3.05) is 81.3 Å². The van der Waals surface area contributed by atoms with Crippen LogP contribution in [0.4, 0.5) is 0 Å². The number of carbonyl (C=O) groups excluding carboxylic acids is 4. The zero-order valence-corrected chi connectivity index (χ0v) is 75.1. The molecular weight excluding hydrogens is 1590 g/mol. The highest BCUT2D eigenvalue weighted by atomic mass is 16.8. The van der Waals surface area contributed by atoms with E-state index in [1.807, 2.05) is 121 Å². The minimum absolute atomic E-state index is 0.206. The second kappa shape index (κ2) is 47.6. The molecule has 0 N–H and O–H groups in total. The molecule has 4 unspecified atom stereocenters. The highest BCUT2D eigenvalue weighted by molar-refractivity contribution is 5.72. The van der Waals surface area contributed by atoms with Crippen LogP contribution in [0.3, 0.4) is 0 Å². The van der Waals surface area contributed by atoms with E-state index >= 15 is 0 Å². The number of methoxy groups -OCH3 is 4. The van der Waals surface area contributed by atoms with Gasteiger partial charge in [0.25, 0.3) is 0 Å². The second-order valence-electron chi connectivity index (χ2n) is 35.2. The first kappa shape index (κ1) is 94.2. The van der Waals surface area contributed by atoms with Gasteiger partial charge in [0.15, 0.2) is 22.4 Å². The first-order valence-corrected chi connectivity index (χ1v) is 47.2. The van der Waals surface area contributed by atoms with Gasteiger partial charge in [0, 0.05) is 77.8 Å². The Balaban J connectivity index is 0.623.